The van der Waals surface area contributed by atoms with E-state index in [1.807, 2.05) is 0 Å². The van der Waals surface area contributed by atoms with E-state index in [4.69, 9.17) is 10.8 Å². The highest BCUT2D eigenvalue weighted by molar-refractivity contribution is 7.89. The van der Waals surface area contributed by atoms with Gasteiger partial charge in [0.15, 0.2) is 5.03 Å². The molecular formula is C11H15N3O4S. The van der Waals surface area contributed by atoms with Crippen LogP contribution >= 0.6 is 0 Å². The van der Waals surface area contributed by atoms with Gasteiger partial charge in [-0.15, -0.1) is 0 Å². The lowest BCUT2D eigenvalue weighted by molar-refractivity contribution is 0.0696. The summed E-state index contributed by atoms with van der Waals surface area (Å²) < 4.78 is 25.8. The Hall–Kier alpha value is -1.51. The molecule has 104 valence electrons. The van der Waals surface area contributed by atoms with Crippen molar-refractivity contribution in [2.45, 2.75) is 11.4 Å². The molecule has 19 heavy (non-hydrogen) atoms. The summed E-state index contributed by atoms with van der Waals surface area (Å²) >= 11 is 0. The first kappa shape index (κ1) is 13.9. The third-order valence-electron chi connectivity index (χ3n) is 3.17. The van der Waals surface area contributed by atoms with E-state index in [0.717, 1.165) is 12.6 Å². The molecule has 1 atom stereocenters. The van der Waals surface area contributed by atoms with Gasteiger partial charge in [-0.25, -0.2) is 18.2 Å². The molecule has 2 rings (SSSR count). The number of rotatable bonds is 4. The topological polar surface area (TPSA) is 114 Å². The van der Waals surface area contributed by atoms with Gasteiger partial charge in [-0.1, -0.05) is 0 Å². The molecule has 7 nitrogen and oxygen atoms in total. The predicted octanol–water partition coefficient (Wildman–Crippen LogP) is -0.251. The average molecular weight is 285 g/mol. The molecule has 8 heteroatoms. The summed E-state index contributed by atoms with van der Waals surface area (Å²) in [6.07, 6.45) is 1.79. The summed E-state index contributed by atoms with van der Waals surface area (Å²) in [6.45, 7) is 1.27. The van der Waals surface area contributed by atoms with Crippen LogP contribution in [0.4, 0.5) is 0 Å². The van der Waals surface area contributed by atoms with Crippen molar-refractivity contribution in [2.75, 3.05) is 19.6 Å². The molecule has 0 aliphatic carbocycles. The molecule has 1 aromatic heterocycles. The van der Waals surface area contributed by atoms with Crippen molar-refractivity contribution in [1.29, 1.82) is 0 Å². The number of aromatic nitrogens is 1. The molecule has 3 N–H and O–H groups in total. The van der Waals surface area contributed by atoms with E-state index in [2.05, 4.69) is 4.98 Å². The second-order valence-corrected chi connectivity index (χ2v) is 6.33. The molecule has 1 aliphatic rings. The van der Waals surface area contributed by atoms with E-state index in [-0.39, 0.29) is 16.5 Å². The maximum atomic E-state index is 12.3. The Bertz CT molecular complexity index is 570. The van der Waals surface area contributed by atoms with Crippen LogP contribution in [0.15, 0.2) is 23.4 Å². The number of carboxylic acids is 1. The number of hydrogen-bond acceptors (Lipinski definition) is 5. The van der Waals surface area contributed by atoms with Gasteiger partial charge in [0, 0.05) is 19.3 Å². The average Bonchev–Trinajstić information content (AvgIpc) is 2.88. The molecule has 2 heterocycles. The number of aromatic carboxylic acids is 1. The van der Waals surface area contributed by atoms with Gasteiger partial charge in [0.1, 0.15) is 0 Å². The number of carboxylic acid groups (broad SMARTS) is 1. The van der Waals surface area contributed by atoms with E-state index in [0.29, 0.717) is 19.6 Å². The maximum absolute atomic E-state index is 12.3. The standard InChI is InChI=1S/C11H15N3O4S/c12-5-8-3-4-14(7-8)19(17,18)10-2-1-9(6-13-10)11(15)16/h1-2,6,8H,3-5,7,12H2,(H,15,16). The number of pyridine rings is 1. The van der Waals surface area contributed by atoms with Crippen LogP contribution in [0.2, 0.25) is 0 Å². The zero-order chi connectivity index (χ0) is 14.0. The minimum atomic E-state index is -3.65. The monoisotopic (exact) mass is 285 g/mol. The first-order valence-corrected chi connectivity index (χ1v) is 7.28. The van der Waals surface area contributed by atoms with Gasteiger partial charge < -0.3 is 10.8 Å². The lowest BCUT2D eigenvalue weighted by Gasteiger charge is -2.15. The van der Waals surface area contributed by atoms with E-state index in [9.17, 15) is 13.2 Å². The zero-order valence-electron chi connectivity index (χ0n) is 10.2. The van der Waals surface area contributed by atoms with Gasteiger partial charge in [0.2, 0.25) is 0 Å². The van der Waals surface area contributed by atoms with E-state index >= 15 is 0 Å². The molecule has 1 fully saturated rings. The highest BCUT2D eigenvalue weighted by atomic mass is 32.2. The van der Waals surface area contributed by atoms with Crippen LogP contribution in [0.1, 0.15) is 16.8 Å². The van der Waals surface area contributed by atoms with Crippen LogP contribution < -0.4 is 5.73 Å². The Morgan fingerprint density at radius 1 is 1.53 bits per heavy atom. The fourth-order valence-corrected chi connectivity index (χ4v) is 3.44. The number of carbonyl (C=O) groups is 1. The van der Waals surface area contributed by atoms with Gasteiger partial charge in [-0.05, 0) is 31.0 Å². The van der Waals surface area contributed by atoms with E-state index in [1.54, 1.807) is 0 Å². The van der Waals surface area contributed by atoms with Crippen molar-refractivity contribution >= 4 is 16.0 Å². The predicted molar refractivity (Wildman–Crippen MR) is 67.1 cm³/mol. The number of sulfonamides is 1. The van der Waals surface area contributed by atoms with Crippen molar-refractivity contribution < 1.29 is 18.3 Å². The first-order valence-electron chi connectivity index (χ1n) is 5.84. The Labute approximate surface area is 111 Å². The molecule has 0 amide bonds. The summed E-state index contributed by atoms with van der Waals surface area (Å²) in [7, 11) is -3.65. The minimum absolute atomic E-state index is 0.0415. The lowest BCUT2D eigenvalue weighted by atomic mass is 10.1. The SMILES string of the molecule is NCC1CCN(S(=O)(=O)c2ccc(C(=O)O)cn2)C1. The molecule has 0 radical (unpaired) electrons. The van der Waals surface area contributed by atoms with E-state index < -0.39 is 16.0 Å². The third kappa shape index (κ3) is 2.75. The van der Waals surface area contributed by atoms with Crippen molar-refractivity contribution in [2.24, 2.45) is 11.7 Å². The second-order valence-electron chi connectivity index (χ2n) is 4.44. The summed E-state index contributed by atoms with van der Waals surface area (Å²) in [5.74, 6) is -0.964. The first-order chi connectivity index (χ1) is 8.95. The molecule has 1 aliphatic heterocycles. The molecule has 0 saturated carbocycles. The molecule has 0 bridgehead atoms. The van der Waals surface area contributed by atoms with Gasteiger partial charge in [0.25, 0.3) is 10.0 Å². The summed E-state index contributed by atoms with van der Waals surface area (Å²) in [4.78, 5) is 14.4. The van der Waals surface area contributed by atoms with Crippen LogP contribution in [0, 0.1) is 5.92 Å². The lowest BCUT2D eigenvalue weighted by Crippen LogP contribution is -2.30. The minimum Gasteiger partial charge on any atom is -0.478 e. The highest BCUT2D eigenvalue weighted by Gasteiger charge is 2.32. The summed E-state index contributed by atoms with van der Waals surface area (Å²) in [5.41, 5.74) is 5.49. The fraction of sp³-hybridized carbons (Fsp3) is 0.455. The quantitative estimate of drug-likeness (QED) is 0.788. The van der Waals surface area contributed by atoms with Crippen LogP contribution in [0.25, 0.3) is 0 Å². The molecular weight excluding hydrogens is 270 g/mol. The largest absolute Gasteiger partial charge is 0.478 e. The molecule has 0 spiro atoms. The van der Waals surface area contributed by atoms with Crippen molar-refractivity contribution in [1.82, 2.24) is 9.29 Å². The van der Waals surface area contributed by atoms with Gasteiger partial charge in [0.05, 0.1) is 5.56 Å². The van der Waals surface area contributed by atoms with Crippen LogP contribution in [0.3, 0.4) is 0 Å². The number of hydrogen-bond donors (Lipinski definition) is 2. The van der Waals surface area contributed by atoms with Gasteiger partial charge in [-0.3, -0.25) is 0 Å². The van der Waals surface area contributed by atoms with Gasteiger partial charge >= 0.3 is 5.97 Å². The molecule has 1 saturated heterocycles. The third-order valence-corrected chi connectivity index (χ3v) is 4.95. The Kier molecular flexibility index (Phi) is 3.83. The second kappa shape index (κ2) is 5.24. The highest BCUT2D eigenvalue weighted by Crippen LogP contribution is 2.22. The molecule has 1 aromatic rings. The Morgan fingerprint density at radius 3 is 2.74 bits per heavy atom. The summed E-state index contributed by atoms with van der Waals surface area (Å²) in [5, 5.41) is 8.61. The fourth-order valence-electron chi connectivity index (χ4n) is 2.00. The Morgan fingerprint density at radius 2 is 2.26 bits per heavy atom. The van der Waals surface area contributed by atoms with E-state index in [1.165, 1.54) is 16.4 Å². The smallest absolute Gasteiger partial charge is 0.337 e. The van der Waals surface area contributed by atoms with Crippen LogP contribution in [-0.4, -0.2) is 48.4 Å². The Balaban J connectivity index is 2.22. The number of nitrogens with zero attached hydrogens (tertiary/aromatic N) is 2. The van der Waals surface area contributed by atoms with Crippen LogP contribution in [-0.2, 0) is 10.0 Å². The summed E-state index contributed by atoms with van der Waals surface area (Å²) in [6, 6.07) is 2.45. The number of nitrogens with two attached hydrogens (primary N) is 1. The van der Waals surface area contributed by atoms with Crippen molar-refractivity contribution in [3.63, 3.8) is 0 Å². The van der Waals surface area contributed by atoms with Crippen molar-refractivity contribution in [3.05, 3.63) is 23.9 Å². The maximum Gasteiger partial charge on any atom is 0.337 e. The van der Waals surface area contributed by atoms with Crippen molar-refractivity contribution in [3.8, 4) is 0 Å². The zero-order valence-corrected chi connectivity index (χ0v) is 11.0. The van der Waals surface area contributed by atoms with Crippen LogP contribution in [0.5, 0.6) is 0 Å². The normalized spacial score (nSPS) is 20.6. The van der Waals surface area contributed by atoms with Gasteiger partial charge in [-0.2, -0.15) is 4.31 Å². The molecule has 1 unspecified atom stereocenters. The molecule has 0 aromatic carbocycles.